The number of nitrogens with one attached hydrogen (secondary N) is 2. The number of aromatic amines is 2. The van der Waals surface area contributed by atoms with Crippen LogP contribution >= 0.6 is 12.2 Å². The second-order valence-corrected chi connectivity index (χ2v) is 5.28. The smallest absolute Gasteiger partial charge is 0.255 e. The zero-order valence-corrected chi connectivity index (χ0v) is 13.2. The molecule has 1 heterocycles. The van der Waals surface area contributed by atoms with Gasteiger partial charge in [0.1, 0.15) is 5.75 Å². The Morgan fingerprint density at radius 2 is 1.86 bits per heavy atom. The monoisotopic (exact) mass is 304 g/mol. The van der Waals surface area contributed by atoms with Crippen molar-refractivity contribution in [3.63, 3.8) is 0 Å². The molecule has 0 saturated carbocycles. The van der Waals surface area contributed by atoms with Crippen molar-refractivity contribution in [1.82, 2.24) is 9.97 Å². The first-order valence-corrected chi connectivity index (χ1v) is 7.61. The Labute approximate surface area is 129 Å². The molecule has 1 aromatic carbocycles. The van der Waals surface area contributed by atoms with Crippen LogP contribution in [0.1, 0.15) is 37.1 Å². The lowest BCUT2D eigenvalue weighted by molar-refractivity contribution is 0.340. The lowest BCUT2D eigenvalue weighted by atomic mass is 10.0. The van der Waals surface area contributed by atoms with Crippen molar-refractivity contribution in [2.75, 3.05) is 6.61 Å². The van der Waals surface area contributed by atoms with Crippen LogP contribution in [0.15, 0.2) is 29.1 Å². The summed E-state index contributed by atoms with van der Waals surface area (Å²) in [5.74, 6) is 0.844. The molecule has 4 nitrogen and oxygen atoms in total. The molecule has 2 N–H and O–H groups in total. The Kier molecular flexibility index (Phi) is 5.33. The molecule has 112 valence electrons. The highest BCUT2D eigenvalue weighted by atomic mass is 32.1. The van der Waals surface area contributed by atoms with Gasteiger partial charge in [0.2, 0.25) is 0 Å². The Morgan fingerprint density at radius 1 is 1.14 bits per heavy atom. The average Bonchev–Trinajstić information content (AvgIpc) is 2.45. The lowest BCUT2D eigenvalue weighted by Crippen LogP contribution is -2.18. The van der Waals surface area contributed by atoms with Gasteiger partial charge < -0.3 is 9.72 Å². The Bertz CT molecular complexity index is 701. The fourth-order valence-electron chi connectivity index (χ4n) is 2.28. The van der Waals surface area contributed by atoms with E-state index in [2.05, 4.69) is 16.9 Å². The topological polar surface area (TPSA) is 57.9 Å². The van der Waals surface area contributed by atoms with Gasteiger partial charge in [0.15, 0.2) is 4.77 Å². The van der Waals surface area contributed by atoms with E-state index in [1.54, 1.807) is 0 Å². The minimum absolute atomic E-state index is 0.101. The summed E-state index contributed by atoms with van der Waals surface area (Å²) in [4.78, 5) is 17.9. The van der Waals surface area contributed by atoms with Gasteiger partial charge in [-0.25, -0.2) is 0 Å². The first-order valence-electron chi connectivity index (χ1n) is 7.20. The van der Waals surface area contributed by atoms with Crippen LogP contribution in [0.4, 0.5) is 0 Å². The molecule has 0 saturated heterocycles. The van der Waals surface area contributed by atoms with Crippen LogP contribution in [0.25, 0.3) is 0 Å². The van der Waals surface area contributed by atoms with E-state index >= 15 is 0 Å². The SMILES string of the molecule is CCCc1[nH]c(=S)[nH]c(=O)c1Cc1ccc(OCC)cc1. The average molecular weight is 304 g/mol. The normalized spacial score (nSPS) is 10.6. The molecule has 21 heavy (non-hydrogen) atoms. The van der Waals surface area contributed by atoms with E-state index in [4.69, 9.17) is 17.0 Å². The van der Waals surface area contributed by atoms with Gasteiger partial charge in [-0.15, -0.1) is 0 Å². The number of aromatic nitrogens is 2. The minimum Gasteiger partial charge on any atom is -0.494 e. The first kappa shape index (κ1) is 15.5. The number of rotatable bonds is 6. The van der Waals surface area contributed by atoms with E-state index < -0.39 is 0 Å². The number of hydrogen-bond donors (Lipinski definition) is 2. The molecule has 0 aliphatic heterocycles. The summed E-state index contributed by atoms with van der Waals surface area (Å²) in [6, 6.07) is 7.83. The number of ether oxygens (including phenoxy) is 1. The zero-order chi connectivity index (χ0) is 15.2. The van der Waals surface area contributed by atoms with Gasteiger partial charge >= 0.3 is 0 Å². The molecule has 5 heteroatoms. The Balaban J connectivity index is 2.30. The summed E-state index contributed by atoms with van der Waals surface area (Å²) in [6.07, 6.45) is 2.37. The van der Waals surface area contributed by atoms with Crippen LogP contribution in [0.3, 0.4) is 0 Å². The van der Waals surface area contributed by atoms with Gasteiger partial charge in [0.05, 0.1) is 6.61 Å². The van der Waals surface area contributed by atoms with Crippen LogP contribution in [-0.4, -0.2) is 16.6 Å². The van der Waals surface area contributed by atoms with Gasteiger partial charge in [-0.05, 0) is 43.3 Å². The first-order chi connectivity index (χ1) is 10.1. The van der Waals surface area contributed by atoms with Gasteiger partial charge in [-0.1, -0.05) is 25.5 Å². The molecule has 0 bridgehead atoms. The third kappa shape index (κ3) is 4.04. The van der Waals surface area contributed by atoms with Crippen molar-refractivity contribution in [2.24, 2.45) is 0 Å². The lowest BCUT2D eigenvalue weighted by Gasteiger charge is -2.09. The van der Waals surface area contributed by atoms with Crippen molar-refractivity contribution in [1.29, 1.82) is 0 Å². The number of hydrogen-bond acceptors (Lipinski definition) is 3. The zero-order valence-electron chi connectivity index (χ0n) is 12.4. The molecule has 2 rings (SSSR count). The summed E-state index contributed by atoms with van der Waals surface area (Å²) in [5.41, 5.74) is 2.66. The number of aryl methyl sites for hydroxylation is 1. The van der Waals surface area contributed by atoms with E-state index in [-0.39, 0.29) is 5.56 Å². The second-order valence-electron chi connectivity index (χ2n) is 4.87. The fraction of sp³-hybridized carbons (Fsp3) is 0.375. The van der Waals surface area contributed by atoms with Crippen molar-refractivity contribution in [3.8, 4) is 5.75 Å². The summed E-state index contributed by atoms with van der Waals surface area (Å²) in [5, 5.41) is 0. The predicted molar refractivity (Wildman–Crippen MR) is 86.7 cm³/mol. The summed E-state index contributed by atoms with van der Waals surface area (Å²) in [7, 11) is 0. The molecule has 2 aromatic rings. The van der Waals surface area contributed by atoms with Crippen molar-refractivity contribution in [2.45, 2.75) is 33.1 Å². The van der Waals surface area contributed by atoms with E-state index in [1.165, 1.54) is 0 Å². The van der Waals surface area contributed by atoms with Crippen LogP contribution in [-0.2, 0) is 12.8 Å². The minimum atomic E-state index is -0.101. The quantitative estimate of drug-likeness (QED) is 0.804. The van der Waals surface area contributed by atoms with E-state index in [0.717, 1.165) is 35.4 Å². The second kappa shape index (κ2) is 7.22. The summed E-state index contributed by atoms with van der Waals surface area (Å²) in [6.45, 7) is 4.68. The van der Waals surface area contributed by atoms with Gasteiger partial charge in [0.25, 0.3) is 5.56 Å². The van der Waals surface area contributed by atoms with Crippen LogP contribution in [0, 0.1) is 4.77 Å². The molecule has 0 aliphatic carbocycles. The molecular weight excluding hydrogens is 284 g/mol. The van der Waals surface area contributed by atoms with Gasteiger partial charge in [-0.3, -0.25) is 9.78 Å². The number of benzene rings is 1. The van der Waals surface area contributed by atoms with Crippen molar-refractivity contribution in [3.05, 3.63) is 56.2 Å². The van der Waals surface area contributed by atoms with E-state index in [9.17, 15) is 4.79 Å². The molecule has 0 aliphatic rings. The molecular formula is C16H20N2O2S. The molecule has 0 radical (unpaired) electrons. The van der Waals surface area contributed by atoms with Gasteiger partial charge in [-0.2, -0.15) is 0 Å². The highest BCUT2D eigenvalue weighted by molar-refractivity contribution is 7.71. The van der Waals surface area contributed by atoms with Crippen molar-refractivity contribution < 1.29 is 4.74 Å². The standard InChI is InChI=1S/C16H20N2O2S/c1-3-5-14-13(15(19)18-16(21)17-14)10-11-6-8-12(9-7-11)20-4-2/h6-9H,3-5,10H2,1-2H3,(H2,17,18,19,21). The maximum Gasteiger partial charge on any atom is 0.255 e. The highest BCUT2D eigenvalue weighted by Gasteiger charge is 2.09. The predicted octanol–water partition coefficient (Wildman–Crippen LogP) is 3.37. The summed E-state index contributed by atoms with van der Waals surface area (Å²) >= 11 is 5.04. The van der Waals surface area contributed by atoms with E-state index in [1.807, 2.05) is 31.2 Å². The van der Waals surface area contributed by atoms with E-state index in [0.29, 0.717) is 17.8 Å². The molecule has 0 atom stereocenters. The molecule has 0 spiro atoms. The van der Waals surface area contributed by atoms with Crippen LogP contribution in [0.2, 0.25) is 0 Å². The third-order valence-electron chi connectivity index (χ3n) is 3.25. The van der Waals surface area contributed by atoms with Crippen molar-refractivity contribution >= 4 is 12.2 Å². The van der Waals surface area contributed by atoms with Crippen LogP contribution < -0.4 is 10.3 Å². The Hall–Kier alpha value is -1.88. The van der Waals surface area contributed by atoms with Crippen LogP contribution in [0.5, 0.6) is 5.75 Å². The largest absolute Gasteiger partial charge is 0.494 e. The summed E-state index contributed by atoms with van der Waals surface area (Å²) < 4.78 is 5.81. The molecule has 0 fully saturated rings. The molecule has 0 unspecified atom stereocenters. The Morgan fingerprint density at radius 3 is 2.48 bits per heavy atom. The maximum atomic E-state index is 12.1. The highest BCUT2D eigenvalue weighted by Crippen LogP contribution is 2.15. The fourth-order valence-corrected chi connectivity index (χ4v) is 2.50. The molecule has 0 amide bonds. The third-order valence-corrected chi connectivity index (χ3v) is 3.45. The van der Waals surface area contributed by atoms with Gasteiger partial charge in [0, 0.05) is 17.7 Å². The maximum absolute atomic E-state index is 12.1. The molecule has 1 aromatic heterocycles. The number of H-pyrrole nitrogens is 2.